The molecule has 1 aliphatic rings. The molecule has 0 bridgehead atoms. The highest BCUT2D eigenvalue weighted by molar-refractivity contribution is 6.04. The summed E-state index contributed by atoms with van der Waals surface area (Å²) < 4.78 is 0. The van der Waals surface area contributed by atoms with Gasteiger partial charge in [-0.15, -0.1) is 0 Å². The third-order valence-corrected chi connectivity index (χ3v) is 4.03. The van der Waals surface area contributed by atoms with Crippen molar-refractivity contribution in [3.63, 3.8) is 0 Å². The van der Waals surface area contributed by atoms with E-state index in [1.807, 2.05) is 6.92 Å². The zero-order chi connectivity index (χ0) is 15.0. The van der Waals surface area contributed by atoms with Gasteiger partial charge in [-0.2, -0.15) is 0 Å². The van der Waals surface area contributed by atoms with E-state index in [1.54, 1.807) is 19.3 Å². The SMILES string of the molecule is CC[C@@](C)(O)CNC(=O)c1c[nH]c2ncc(C3CC3)nc12. The molecular weight excluding hydrogens is 268 g/mol. The maximum Gasteiger partial charge on any atom is 0.255 e. The molecule has 0 aromatic carbocycles. The fourth-order valence-corrected chi connectivity index (χ4v) is 2.14. The van der Waals surface area contributed by atoms with E-state index < -0.39 is 5.60 Å². The summed E-state index contributed by atoms with van der Waals surface area (Å²) >= 11 is 0. The Hall–Kier alpha value is -1.95. The van der Waals surface area contributed by atoms with Crippen LogP contribution in [-0.2, 0) is 0 Å². The highest BCUT2D eigenvalue weighted by atomic mass is 16.3. The molecule has 3 N–H and O–H groups in total. The standard InChI is InChI=1S/C15H20N4O2/c1-3-15(2,21)8-18-14(20)10-6-16-13-12(10)19-11(7-17-13)9-4-5-9/h6-7,9,21H,3-5,8H2,1-2H3,(H,16,17)(H,18,20)/t15-/m1/s1. The van der Waals surface area contributed by atoms with Crippen molar-refractivity contribution < 1.29 is 9.90 Å². The lowest BCUT2D eigenvalue weighted by atomic mass is 10.0. The van der Waals surface area contributed by atoms with E-state index in [2.05, 4.69) is 20.3 Å². The Bertz CT molecular complexity index is 673. The minimum absolute atomic E-state index is 0.213. The summed E-state index contributed by atoms with van der Waals surface area (Å²) in [6, 6.07) is 0. The smallest absolute Gasteiger partial charge is 0.255 e. The van der Waals surface area contributed by atoms with Gasteiger partial charge in [-0.1, -0.05) is 6.92 Å². The predicted octanol–water partition coefficient (Wildman–Crippen LogP) is 1.73. The zero-order valence-electron chi connectivity index (χ0n) is 12.3. The number of rotatable bonds is 5. The monoisotopic (exact) mass is 288 g/mol. The quantitative estimate of drug-likeness (QED) is 0.781. The molecule has 21 heavy (non-hydrogen) atoms. The van der Waals surface area contributed by atoms with Crippen LogP contribution in [0.2, 0.25) is 0 Å². The molecule has 6 nitrogen and oxygen atoms in total. The molecule has 1 fully saturated rings. The molecule has 2 aromatic rings. The lowest BCUT2D eigenvalue weighted by Gasteiger charge is -2.21. The molecule has 1 saturated carbocycles. The van der Waals surface area contributed by atoms with Gasteiger partial charge in [0.05, 0.1) is 23.1 Å². The molecule has 0 spiro atoms. The van der Waals surface area contributed by atoms with Crippen LogP contribution >= 0.6 is 0 Å². The maximum absolute atomic E-state index is 12.3. The van der Waals surface area contributed by atoms with Gasteiger partial charge in [0.1, 0.15) is 5.52 Å². The van der Waals surface area contributed by atoms with Crippen LogP contribution in [0.5, 0.6) is 0 Å². The molecular formula is C15H20N4O2. The van der Waals surface area contributed by atoms with Crippen molar-refractivity contribution in [2.24, 2.45) is 0 Å². The van der Waals surface area contributed by atoms with Crippen LogP contribution in [0.3, 0.4) is 0 Å². The topological polar surface area (TPSA) is 90.9 Å². The molecule has 0 unspecified atom stereocenters. The van der Waals surface area contributed by atoms with Gasteiger partial charge in [-0.05, 0) is 26.2 Å². The van der Waals surface area contributed by atoms with Gasteiger partial charge >= 0.3 is 0 Å². The molecule has 0 saturated heterocycles. The number of nitrogens with zero attached hydrogens (tertiary/aromatic N) is 2. The molecule has 6 heteroatoms. The van der Waals surface area contributed by atoms with Gasteiger partial charge in [0.2, 0.25) is 0 Å². The van der Waals surface area contributed by atoms with Gasteiger partial charge in [-0.3, -0.25) is 4.79 Å². The molecule has 112 valence electrons. The number of carbonyl (C=O) groups is 1. The normalized spacial score (nSPS) is 17.7. The minimum atomic E-state index is -0.896. The average molecular weight is 288 g/mol. The number of hydrogen-bond donors (Lipinski definition) is 3. The number of amides is 1. The van der Waals surface area contributed by atoms with E-state index in [4.69, 9.17) is 0 Å². The van der Waals surface area contributed by atoms with Crippen molar-refractivity contribution in [2.45, 2.75) is 44.6 Å². The van der Waals surface area contributed by atoms with E-state index in [9.17, 15) is 9.90 Å². The molecule has 0 aliphatic heterocycles. The largest absolute Gasteiger partial charge is 0.388 e. The second kappa shape index (κ2) is 5.11. The first-order valence-corrected chi connectivity index (χ1v) is 7.35. The van der Waals surface area contributed by atoms with Crippen LogP contribution in [0.25, 0.3) is 11.2 Å². The van der Waals surface area contributed by atoms with Gasteiger partial charge < -0.3 is 15.4 Å². The highest BCUT2D eigenvalue weighted by Gasteiger charge is 2.27. The zero-order valence-corrected chi connectivity index (χ0v) is 12.3. The van der Waals surface area contributed by atoms with Crippen LogP contribution < -0.4 is 5.32 Å². The Labute approximate surface area is 123 Å². The van der Waals surface area contributed by atoms with Gasteiger partial charge in [0.15, 0.2) is 5.65 Å². The summed E-state index contributed by atoms with van der Waals surface area (Å²) in [6.45, 7) is 3.80. The van der Waals surface area contributed by atoms with Crippen molar-refractivity contribution in [3.8, 4) is 0 Å². The second-order valence-corrected chi connectivity index (χ2v) is 6.00. The lowest BCUT2D eigenvalue weighted by molar-refractivity contribution is 0.0519. The van der Waals surface area contributed by atoms with Crippen molar-refractivity contribution in [2.75, 3.05) is 6.54 Å². The Kier molecular flexibility index (Phi) is 3.41. The van der Waals surface area contributed by atoms with Crippen LogP contribution in [0.15, 0.2) is 12.4 Å². The van der Waals surface area contributed by atoms with Crippen LogP contribution in [0, 0.1) is 0 Å². The summed E-state index contributed by atoms with van der Waals surface area (Å²) in [7, 11) is 0. The molecule has 1 amide bonds. The fraction of sp³-hybridized carbons (Fsp3) is 0.533. The number of nitrogens with one attached hydrogen (secondary N) is 2. The average Bonchev–Trinajstić information content (AvgIpc) is 3.24. The first kappa shape index (κ1) is 14.0. The van der Waals surface area contributed by atoms with Crippen LogP contribution in [0.1, 0.15) is 55.1 Å². The first-order valence-electron chi connectivity index (χ1n) is 7.35. The van der Waals surface area contributed by atoms with Crippen molar-refractivity contribution in [1.82, 2.24) is 20.3 Å². The van der Waals surface area contributed by atoms with Crippen LogP contribution in [-0.4, -0.2) is 38.1 Å². The van der Waals surface area contributed by atoms with E-state index in [1.165, 1.54) is 0 Å². The molecule has 3 rings (SSSR count). The van der Waals surface area contributed by atoms with Gasteiger partial charge in [-0.25, -0.2) is 9.97 Å². The Morgan fingerprint density at radius 2 is 2.33 bits per heavy atom. The second-order valence-electron chi connectivity index (χ2n) is 6.00. The molecule has 2 heterocycles. The van der Waals surface area contributed by atoms with E-state index in [0.29, 0.717) is 29.1 Å². The summed E-state index contributed by atoms with van der Waals surface area (Å²) in [6.07, 6.45) is 6.27. The van der Waals surface area contributed by atoms with Gasteiger partial charge in [0.25, 0.3) is 5.91 Å². The molecule has 1 atom stereocenters. The van der Waals surface area contributed by atoms with Crippen molar-refractivity contribution >= 4 is 17.1 Å². The number of hydrogen-bond acceptors (Lipinski definition) is 4. The van der Waals surface area contributed by atoms with E-state index >= 15 is 0 Å². The number of aromatic nitrogens is 3. The fourth-order valence-electron chi connectivity index (χ4n) is 2.14. The number of carbonyl (C=O) groups excluding carboxylic acids is 1. The maximum atomic E-state index is 12.3. The Balaban J connectivity index is 1.82. The minimum Gasteiger partial charge on any atom is -0.388 e. The Morgan fingerprint density at radius 3 is 3.00 bits per heavy atom. The summed E-state index contributed by atoms with van der Waals surface area (Å²) in [5.41, 5.74) is 1.76. The summed E-state index contributed by atoms with van der Waals surface area (Å²) in [5, 5.41) is 12.7. The number of aliphatic hydroxyl groups is 1. The number of H-pyrrole nitrogens is 1. The third kappa shape index (κ3) is 2.90. The first-order chi connectivity index (χ1) is 10.00. The van der Waals surface area contributed by atoms with Crippen molar-refractivity contribution in [3.05, 3.63) is 23.7 Å². The predicted molar refractivity (Wildman–Crippen MR) is 79.1 cm³/mol. The van der Waals surface area contributed by atoms with Gasteiger partial charge in [0, 0.05) is 18.7 Å². The van der Waals surface area contributed by atoms with E-state index in [-0.39, 0.29) is 12.5 Å². The lowest BCUT2D eigenvalue weighted by Crippen LogP contribution is -2.40. The molecule has 1 aliphatic carbocycles. The molecule has 2 aromatic heterocycles. The summed E-state index contributed by atoms with van der Waals surface area (Å²) in [5.74, 6) is 0.255. The third-order valence-electron chi connectivity index (χ3n) is 4.03. The highest BCUT2D eigenvalue weighted by Crippen LogP contribution is 2.39. The number of fused-ring (bicyclic) bond motifs is 1. The number of aromatic amines is 1. The van der Waals surface area contributed by atoms with Crippen LogP contribution in [0.4, 0.5) is 0 Å². The Morgan fingerprint density at radius 1 is 1.57 bits per heavy atom. The molecule has 0 radical (unpaired) electrons. The van der Waals surface area contributed by atoms with Crippen molar-refractivity contribution in [1.29, 1.82) is 0 Å². The van der Waals surface area contributed by atoms with E-state index in [0.717, 1.165) is 18.5 Å². The summed E-state index contributed by atoms with van der Waals surface area (Å²) in [4.78, 5) is 24.1.